The van der Waals surface area contributed by atoms with Crippen molar-refractivity contribution in [3.8, 4) is 0 Å². The second-order valence-corrected chi connectivity index (χ2v) is 9.32. The van der Waals surface area contributed by atoms with Crippen LogP contribution >= 0.6 is 11.8 Å². The molecule has 3 rings (SSSR count). The van der Waals surface area contributed by atoms with Crippen molar-refractivity contribution in [3.63, 3.8) is 0 Å². The summed E-state index contributed by atoms with van der Waals surface area (Å²) in [6.07, 6.45) is 0.0416. The lowest BCUT2D eigenvalue weighted by Crippen LogP contribution is -2.39. The lowest BCUT2D eigenvalue weighted by molar-refractivity contribution is -0.119. The molecular formula is C23H28N6O4S. The summed E-state index contributed by atoms with van der Waals surface area (Å²) >= 11 is 1.21. The summed E-state index contributed by atoms with van der Waals surface area (Å²) < 4.78 is 2.54. The number of thioether (sulfide) groups is 1. The number of carbonyl (C=O) groups excluding carboxylic acids is 2. The zero-order valence-electron chi connectivity index (χ0n) is 19.6. The van der Waals surface area contributed by atoms with Gasteiger partial charge in [0.1, 0.15) is 16.2 Å². The number of urea groups is 1. The van der Waals surface area contributed by atoms with E-state index >= 15 is 0 Å². The largest absolute Gasteiger partial charge is 0.334 e. The zero-order chi connectivity index (χ0) is 24.8. The molecule has 3 amide bonds. The Kier molecular flexibility index (Phi) is 8.21. The van der Waals surface area contributed by atoms with Crippen molar-refractivity contribution >= 4 is 34.7 Å². The standard InChI is InChI=1S/C23H28N6O4S/c1-14(2)13-29-19-18(21(31)28(4)23(29)33)20(26-15(3)25-19)34-11-10-17(30)27-22(32)24-12-16-8-6-5-7-9-16/h5-9,14H,10-13H2,1-4H3,(H2,24,27,30,32). The molecule has 0 atom stereocenters. The van der Waals surface area contributed by atoms with Crippen molar-refractivity contribution in [2.75, 3.05) is 5.75 Å². The number of amides is 3. The molecule has 0 bridgehead atoms. The first-order chi connectivity index (χ1) is 16.2. The van der Waals surface area contributed by atoms with Crippen molar-refractivity contribution in [1.29, 1.82) is 0 Å². The highest BCUT2D eigenvalue weighted by Crippen LogP contribution is 2.23. The highest BCUT2D eigenvalue weighted by molar-refractivity contribution is 7.99. The predicted octanol–water partition coefficient (Wildman–Crippen LogP) is 1.96. The highest BCUT2D eigenvalue weighted by Gasteiger charge is 2.19. The van der Waals surface area contributed by atoms with Crippen molar-refractivity contribution < 1.29 is 9.59 Å². The number of nitrogens with zero attached hydrogens (tertiary/aromatic N) is 4. The number of aromatic nitrogens is 4. The van der Waals surface area contributed by atoms with Gasteiger partial charge < -0.3 is 5.32 Å². The van der Waals surface area contributed by atoms with E-state index in [4.69, 9.17) is 0 Å². The van der Waals surface area contributed by atoms with E-state index in [1.54, 1.807) is 6.92 Å². The number of carbonyl (C=O) groups is 2. The van der Waals surface area contributed by atoms with Crippen molar-refractivity contribution in [2.24, 2.45) is 13.0 Å². The van der Waals surface area contributed by atoms with Crippen LogP contribution in [-0.4, -0.2) is 36.8 Å². The summed E-state index contributed by atoms with van der Waals surface area (Å²) in [6, 6.07) is 8.78. The van der Waals surface area contributed by atoms with Gasteiger partial charge in [-0.2, -0.15) is 0 Å². The van der Waals surface area contributed by atoms with Gasteiger partial charge in [0.2, 0.25) is 5.91 Å². The molecule has 10 nitrogen and oxygen atoms in total. The van der Waals surface area contributed by atoms with Crippen LogP contribution in [0.5, 0.6) is 0 Å². The highest BCUT2D eigenvalue weighted by atomic mass is 32.2. The molecule has 0 radical (unpaired) electrons. The van der Waals surface area contributed by atoms with Crippen LogP contribution in [0.3, 0.4) is 0 Å². The molecule has 0 aliphatic rings. The molecule has 2 aromatic heterocycles. The van der Waals surface area contributed by atoms with Crippen molar-refractivity contribution in [1.82, 2.24) is 29.7 Å². The summed E-state index contributed by atoms with van der Waals surface area (Å²) in [5.74, 6) is 0.430. The minimum absolute atomic E-state index is 0.0416. The summed E-state index contributed by atoms with van der Waals surface area (Å²) in [7, 11) is 1.43. The molecule has 2 N–H and O–H groups in total. The molecule has 1 aromatic carbocycles. The number of aryl methyl sites for hydroxylation is 1. The molecule has 180 valence electrons. The summed E-state index contributed by atoms with van der Waals surface area (Å²) in [6.45, 7) is 6.35. The Morgan fingerprint density at radius 1 is 1.12 bits per heavy atom. The molecule has 0 spiro atoms. The Hall–Kier alpha value is -3.47. The average molecular weight is 485 g/mol. The Labute approximate surface area is 200 Å². The molecule has 0 saturated carbocycles. The first kappa shape index (κ1) is 25.2. The summed E-state index contributed by atoms with van der Waals surface area (Å²) in [5.41, 5.74) is 0.305. The van der Waals surface area contributed by atoms with Crippen molar-refractivity contribution in [3.05, 3.63) is 62.6 Å². The van der Waals surface area contributed by atoms with Crippen LogP contribution in [0.4, 0.5) is 4.79 Å². The van der Waals surface area contributed by atoms with E-state index in [-0.39, 0.29) is 23.5 Å². The minimum atomic E-state index is -0.575. The number of hydrogen-bond donors (Lipinski definition) is 2. The summed E-state index contributed by atoms with van der Waals surface area (Å²) in [5, 5.41) is 5.59. The SMILES string of the molecule is Cc1nc(SCCC(=O)NC(=O)NCc2ccccc2)c2c(=O)n(C)c(=O)n(CC(C)C)c2n1. The predicted molar refractivity (Wildman–Crippen MR) is 131 cm³/mol. The molecule has 2 heterocycles. The number of benzene rings is 1. The number of nitrogens with one attached hydrogen (secondary N) is 2. The van der Waals surface area contributed by atoms with E-state index in [0.717, 1.165) is 10.1 Å². The third-order valence-corrected chi connectivity index (χ3v) is 5.90. The molecule has 11 heteroatoms. The minimum Gasteiger partial charge on any atom is -0.334 e. The maximum Gasteiger partial charge on any atom is 0.332 e. The molecule has 0 aliphatic heterocycles. The lowest BCUT2D eigenvalue weighted by atomic mass is 10.2. The van der Waals surface area contributed by atoms with E-state index < -0.39 is 23.2 Å². The Bertz CT molecular complexity index is 1320. The monoisotopic (exact) mass is 484 g/mol. The zero-order valence-corrected chi connectivity index (χ0v) is 20.4. The Morgan fingerprint density at radius 2 is 1.82 bits per heavy atom. The van der Waals surface area contributed by atoms with Crippen molar-refractivity contribution in [2.45, 2.75) is 45.3 Å². The second-order valence-electron chi connectivity index (χ2n) is 8.24. The Balaban J connectivity index is 1.69. The van der Waals surface area contributed by atoms with Gasteiger partial charge in [0.25, 0.3) is 5.56 Å². The molecule has 34 heavy (non-hydrogen) atoms. The first-order valence-electron chi connectivity index (χ1n) is 10.9. The van der Waals surface area contributed by atoms with Crippen LogP contribution in [-0.2, 0) is 24.9 Å². The van der Waals surface area contributed by atoms with Crippen LogP contribution in [0, 0.1) is 12.8 Å². The van der Waals surface area contributed by atoms with Gasteiger partial charge in [-0.15, -0.1) is 11.8 Å². The van der Waals surface area contributed by atoms with Crippen LogP contribution in [0.1, 0.15) is 31.7 Å². The quantitative estimate of drug-likeness (QED) is 0.369. The number of rotatable bonds is 8. The second kappa shape index (κ2) is 11.1. The van der Waals surface area contributed by atoms with Crippen LogP contribution in [0.25, 0.3) is 11.0 Å². The van der Waals surface area contributed by atoms with Gasteiger partial charge in [0.15, 0.2) is 5.65 Å². The van der Waals surface area contributed by atoms with Crippen LogP contribution in [0.2, 0.25) is 0 Å². The van der Waals surface area contributed by atoms with Gasteiger partial charge >= 0.3 is 11.7 Å². The van der Waals surface area contributed by atoms with Crippen LogP contribution in [0.15, 0.2) is 44.9 Å². The topological polar surface area (TPSA) is 128 Å². The van der Waals surface area contributed by atoms with Gasteiger partial charge in [-0.1, -0.05) is 44.2 Å². The van der Waals surface area contributed by atoms with Gasteiger partial charge in [-0.3, -0.25) is 24.0 Å². The van der Waals surface area contributed by atoms with E-state index in [0.29, 0.717) is 29.6 Å². The van der Waals surface area contributed by atoms with Gasteiger partial charge in [0.05, 0.1) is 0 Å². The number of imide groups is 1. The van der Waals surface area contributed by atoms with E-state index in [2.05, 4.69) is 20.6 Å². The third-order valence-electron chi connectivity index (χ3n) is 4.93. The fraction of sp³-hybridized carbons (Fsp3) is 0.391. The normalized spacial score (nSPS) is 11.1. The molecule has 0 saturated heterocycles. The smallest absolute Gasteiger partial charge is 0.332 e. The number of fused-ring (bicyclic) bond motifs is 1. The molecular weight excluding hydrogens is 456 g/mol. The number of hydrogen-bond acceptors (Lipinski definition) is 7. The lowest BCUT2D eigenvalue weighted by Gasteiger charge is -2.15. The molecule has 0 fully saturated rings. The van der Waals surface area contributed by atoms with Gasteiger partial charge in [-0.25, -0.2) is 19.6 Å². The maximum atomic E-state index is 12.9. The van der Waals surface area contributed by atoms with E-state index in [1.165, 1.54) is 23.4 Å². The van der Waals surface area contributed by atoms with Gasteiger partial charge in [0, 0.05) is 32.3 Å². The molecule has 0 unspecified atom stereocenters. The summed E-state index contributed by atoms with van der Waals surface area (Å²) in [4.78, 5) is 58.5. The average Bonchev–Trinajstić information content (AvgIpc) is 2.79. The van der Waals surface area contributed by atoms with Gasteiger partial charge in [-0.05, 0) is 18.4 Å². The molecule has 3 aromatic rings. The van der Waals surface area contributed by atoms with E-state index in [9.17, 15) is 19.2 Å². The Morgan fingerprint density at radius 3 is 2.50 bits per heavy atom. The fourth-order valence-corrected chi connectivity index (χ4v) is 4.33. The molecule has 0 aliphatic carbocycles. The first-order valence-corrected chi connectivity index (χ1v) is 11.9. The maximum absolute atomic E-state index is 12.9. The third kappa shape index (κ3) is 6.10. The van der Waals surface area contributed by atoms with E-state index in [1.807, 2.05) is 44.2 Å². The van der Waals surface area contributed by atoms with Crippen LogP contribution < -0.4 is 21.9 Å². The fourth-order valence-electron chi connectivity index (χ4n) is 3.33.